The number of aromatic nitrogens is 2. The number of nitrogens with zero attached hydrogens (tertiary/aromatic N) is 2. The van der Waals surface area contributed by atoms with Crippen LogP contribution in [0.1, 0.15) is 60.2 Å². The van der Waals surface area contributed by atoms with Crippen molar-refractivity contribution < 1.29 is 14.0 Å². The fraction of sp³-hybridized carbons (Fsp3) is 0.483. The summed E-state index contributed by atoms with van der Waals surface area (Å²) in [5, 5.41) is 17.4. The van der Waals surface area contributed by atoms with Crippen LogP contribution in [0.5, 0.6) is 5.88 Å². The first kappa shape index (κ1) is 28.4. The van der Waals surface area contributed by atoms with E-state index in [1.807, 2.05) is 10.7 Å². The zero-order chi connectivity index (χ0) is 26.8. The van der Waals surface area contributed by atoms with E-state index in [0.717, 1.165) is 5.69 Å². The van der Waals surface area contributed by atoms with Crippen LogP contribution < -0.4 is 14.8 Å². The van der Waals surface area contributed by atoms with Crippen molar-refractivity contribution in [2.24, 2.45) is 0 Å². The third-order valence-electron chi connectivity index (χ3n) is 7.49. The Kier molecular flexibility index (Phi) is 8.40. The topological polar surface area (TPSA) is 56.5 Å². The minimum Gasteiger partial charge on any atom is -0.530 e. The van der Waals surface area contributed by atoms with Gasteiger partial charge in [-0.05, 0) is 40.5 Å². The Morgan fingerprint density at radius 2 is 1.36 bits per heavy atom. The van der Waals surface area contributed by atoms with Crippen molar-refractivity contribution in [2.75, 3.05) is 6.61 Å². The molecule has 2 aromatic carbocycles. The Hall–Kier alpha value is -2.20. The van der Waals surface area contributed by atoms with Crippen molar-refractivity contribution in [1.82, 2.24) is 9.78 Å². The molecule has 0 aliphatic carbocycles. The molecule has 5 nitrogen and oxygen atoms in total. The lowest BCUT2D eigenvalue weighted by Gasteiger charge is -2.43. The van der Waals surface area contributed by atoms with Gasteiger partial charge in [-0.3, -0.25) is 4.68 Å². The number of hydrogen-bond acceptors (Lipinski definition) is 4. The first-order valence-corrected chi connectivity index (χ1v) is 17.7. The number of rotatable bonds is 9. The standard InChI is InChI=1S/C29H44N2O3Si2/c1-23(31-24(21-32)20-27(30-31)34-35(8,9)28(2,3)4)22-33-36(29(5,6)7,25-16-12-10-13-17-25)26-18-14-11-15-19-26/h10-20,23,32H,21-22H2,1-9H3/t23-/m0/s1. The minimum absolute atomic E-state index is 0.0637. The summed E-state index contributed by atoms with van der Waals surface area (Å²) < 4.78 is 15.4. The number of aliphatic hydroxyl groups is 1. The average Bonchev–Trinajstić information content (AvgIpc) is 3.21. The van der Waals surface area contributed by atoms with Crippen molar-refractivity contribution in [2.45, 2.75) is 84.3 Å². The van der Waals surface area contributed by atoms with E-state index in [2.05, 4.69) is 122 Å². The lowest BCUT2D eigenvalue weighted by Crippen LogP contribution is -2.66. The summed E-state index contributed by atoms with van der Waals surface area (Å²) >= 11 is 0. The first-order chi connectivity index (χ1) is 16.7. The summed E-state index contributed by atoms with van der Waals surface area (Å²) in [7, 11) is -4.70. The highest BCUT2D eigenvalue weighted by molar-refractivity contribution is 6.99. The predicted octanol–water partition coefficient (Wildman–Crippen LogP) is 5.90. The molecule has 7 heteroatoms. The SMILES string of the molecule is C[C@@H](CO[Si](c1ccccc1)(c1ccccc1)C(C)(C)C)n1nc(O[Si](C)(C)C(C)(C)C)cc1CO. The van der Waals surface area contributed by atoms with Crippen molar-refractivity contribution in [3.8, 4) is 5.88 Å². The molecule has 0 radical (unpaired) electrons. The maximum atomic E-state index is 10.1. The van der Waals surface area contributed by atoms with Gasteiger partial charge < -0.3 is 14.0 Å². The molecule has 36 heavy (non-hydrogen) atoms. The second kappa shape index (κ2) is 10.7. The number of hydrogen-bond donors (Lipinski definition) is 1. The summed E-state index contributed by atoms with van der Waals surface area (Å²) in [6.45, 7) is 20.4. The molecule has 0 fully saturated rings. The van der Waals surface area contributed by atoms with Gasteiger partial charge >= 0.3 is 0 Å². The fourth-order valence-electron chi connectivity index (χ4n) is 4.45. The van der Waals surface area contributed by atoms with Gasteiger partial charge in [-0.1, -0.05) is 102 Å². The van der Waals surface area contributed by atoms with Crippen LogP contribution in [0.2, 0.25) is 23.2 Å². The van der Waals surface area contributed by atoms with Gasteiger partial charge in [0.25, 0.3) is 16.6 Å². The van der Waals surface area contributed by atoms with E-state index in [1.54, 1.807) is 0 Å². The molecule has 1 aromatic heterocycles. The quantitative estimate of drug-likeness (QED) is 0.354. The zero-order valence-corrected chi connectivity index (χ0v) is 25.5. The van der Waals surface area contributed by atoms with E-state index in [9.17, 15) is 5.11 Å². The van der Waals surface area contributed by atoms with Gasteiger partial charge in [0.2, 0.25) is 5.88 Å². The third-order valence-corrected chi connectivity index (χ3v) is 16.8. The fourth-order valence-corrected chi connectivity index (χ4v) is 10.0. The molecular formula is C29H44N2O3Si2. The van der Waals surface area contributed by atoms with Crippen molar-refractivity contribution in [1.29, 1.82) is 0 Å². The van der Waals surface area contributed by atoms with Crippen LogP contribution in [-0.2, 0) is 11.0 Å². The Bertz CT molecular complexity index is 1080. The average molecular weight is 525 g/mol. The highest BCUT2D eigenvalue weighted by atomic mass is 28.4. The van der Waals surface area contributed by atoms with Gasteiger partial charge in [-0.2, -0.15) is 0 Å². The number of aliphatic hydroxyl groups excluding tert-OH is 1. The van der Waals surface area contributed by atoms with Crippen LogP contribution in [0.3, 0.4) is 0 Å². The normalized spacial score (nSPS) is 14.1. The molecule has 1 N–H and O–H groups in total. The van der Waals surface area contributed by atoms with Crippen LogP contribution in [0, 0.1) is 0 Å². The Balaban J connectivity index is 1.97. The minimum atomic E-state index is -2.66. The second-order valence-corrected chi connectivity index (χ2v) is 21.3. The van der Waals surface area contributed by atoms with Gasteiger partial charge in [0.1, 0.15) is 0 Å². The monoisotopic (exact) mass is 524 g/mol. The van der Waals surface area contributed by atoms with E-state index in [-0.39, 0.29) is 22.7 Å². The molecule has 1 atom stereocenters. The van der Waals surface area contributed by atoms with Crippen molar-refractivity contribution in [3.63, 3.8) is 0 Å². The first-order valence-electron chi connectivity index (χ1n) is 12.9. The van der Waals surface area contributed by atoms with Crippen LogP contribution in [0.15, 0.2) is 66.7 Å². The molecule has 0 aliphatic rings. The summed E-state index contributed by atoms with van der Waals surface area (Å²) in [6.07, 6.45) is 0. The highest BCUT2D eigenvalue weighted by Crippen LogP contribution is 2.38. The van der Waals surface area contributed by atoms with Crippen molar-refractivity contribution >= 4 is 27.0 Å². The third kappa shape index (κ3) is 5.69. The largest absolute Gasteiger partial charge is 0.530 e. The van der Waals surface area contributed by atoms with Crippen LogP contribution in [0.4, 0.5) is 0 Å². The van der Waals surface area contributed by atoms with Crippen LogP contribution >= 0.6 is 0 Å². The van der Waals surface area contributed by atoms with E-state index in [1.165, 1.54) is 10.4 Å². The zero-order valence-electron chi connectivity index (χ0n) is 23.5. The molecule has 0 saturated heterocycles. The molecule has 3 rings (SSSR count). The van der Waals surface area contributed by atoms with E-state index < -0.39 is 16.6 Å². The summed E-state index contributed by atoms with van der Waals surface area (Å²) in [5.74, 6) is 0.586. The van der Waals surface area contributed by atoms with E-state index >= 15 is 0 Å². The Labute approximate surface area is 219 Å². The highest BCUT2D eigenvalue weighted by Gasteiger charge is 2.50. The molecule has 196 valence electrons. The molecule has 1 heterocycles. The summed E-state index contributed by atoms with van der Waals surface area (Å²) in [5.41, 5.74) is 0.738. The maximum Gasteiger partial charge on any atom is 0.261 e. The van der Waals surface area contributed by atoms with Gasteiger partial charge in [0.05, 0.1) is 24.9 Å². The molecular weight excluding hydrogens is 481 g/mol. The molecule has 0 unspecified atom stereocenters. The molecule has 0 aliphatic heterocycles. The molecule has 0 spiro atoms. The van der Waals surface area contributed by atoms with Gasteiger partial charge in [-0.15, -0.1) is 5.10 Å². The van der Waals surface area contributed by atoms with E-state index in [0.29, 0.717) is 12.5 Å². The van der Waals surface area contributed by atoms with Crippen LogP contribution in [-0.4, -0.2) is 38.1 Å². The molecule has 3 aromatic rings. The smallest absolute Gasteiger partial charge is 0.261 e. The predicted molar refractivity (Wildman–Crippen MR) is 154 cm³/mol. The van der Waals surface area contributed by atoms with Crippen LogP contribution in [0.25, 0.3) is 0 Å². The van der Waals surface area contributed by atoms with Gasteiger partial charge in [-0.25, -0.2) is 0 Å². The lowest BCUT2D eigenvalue weighted by molar-refractivity contribution is 0.218. The Morgan fingerprint density at radius 1 is 0.861 bits per heavy atom. The number of benzene rings is 2. The summed E-state index contributed by atoms with van der Waals surface area (Å²) in [4.78, 5) is 0. The maximum absolute atomic E-state index is 10.1. The Morgan fingerprint density at radius 3 is 1.78 bits per heavy atom. The molecule has 0 amide bonds. The van der Waals surface area contributed by atoms with E-state index in [4.69, 9.17) is 14.0 Å². The lowest BCUT2D eigenvalue weighted by atomic mass is 10.2. The van der Waals surface area contributed by atoms with Gasteiger partial charge in [0, 0.05) is 6.07 Å². The second-order valence-electron chi connectivity index (χ2n) is 12.3. The van der Waals surface area contributed by atoms with Crippen molar-refractivity contribution in [3.05, 3.63) is 72.4 Å². The van der Waals surface area contributed by atoms with Gasteiger partial charge in [0.15, 0.2) is 0 Å². The molecule has 0 bridgehead atoms. The molecule has 0 saturated carbocycles. The summed E-state index contributed by atoms with van der Waals surface area (Å²) in [6, 6.07) is 23.1.